The smallest absolute Gasteiger partial charge is 0.177 e. The third-order valence-electron chi connectivity index (χ3n) is 9.57. The Morgan fingerprint density at radius 3 is 1.49 bits per heavy atom. The fourth-order valence-electron chi connectivity index (χ4n) is 7.21. The van der Waals surface area contributed by atoms with E-state index in [2.05, 4.69) is 81.8 Å². The first kappa shape index (κ1) is 31.4. The predicted octanol–water partition coefficient (Wildman–Crippen LogP) is 9.27. The molecule has 5 aromatic carbocycles. The highest BCUT2D eigenvalue weighted by Gasteiger charge is 2.29. The normalized spacial score (nSPS) is 12.7. The van der Waals surface area contributed by atoms with Crippen molar-refractivity contribution in [1.29, 1.82) is 21.0 Å². The monoisotopic (exact) mass is 636 g/mol. The SMILES string of the molecule is CC(C)(C)CC(Cc1ccc(-c2ccc3c4nc(C#N)c(C#N)nc4c4cccc5c6nc(C#N)c(C#N)nc6c2c3c45)cc1)C(C)(C)C. The minimum atomic E-state index is -0.0479. The van der Waals surface area contributed by atoms with Gasteiger partial charge in [0.1, 0.15) is 24.3 Å². The van der Waals surface area contributed by atoms with Crippen molar-refractivity contribution in [3.05, 3.63) is 82.9 Å². The van der Waals surface area contributed by atoms with Gasteiger partial charge in [0.05, 0.1) is 22.1 Å². The van der Waals surface area contributed by atoms with E-state index in [0.29, 0.717) is 28.0 Å². The fraction of sp³-hybridized carbons (Fsp3) is 0.268. The molecule has 0 aliphatic carbocycles. The fourth-order valence-corrected chi connectivity index (χ4v) is 7.21. The van der Waals surface area contributed by atoms with Gasteiger partial charge in [-0.25, -0.2) is 19.9 Å². The van der Waals surface area contributed by atoms with Crippen LogP contribution in [-0.4, -0.2) is 19.9 Å². The minimum absolute atomic E-state index is 0.0446. The molecule has 0 saturated heterocycles. The van der Waals surface area contributed by atoms with E-state index < -0.39 is 0 Å². The van der Waals surface area contributed by atoms with Crippen LogP contribution in [0.4, 0.5) is 0 Å². The Labute approximate surface area is 284 Å². The van der Waals surface area contributed by atoms with Crippen LogP contribution in [-0.2, 0) is 6.42 Å². The third-order valence-corrected chi connectivity index (χ3v) is 9.57. The van der Waals surface area contributed by atoms with Crippen molar-refractivity contribution in [2.24, 2.45) is 16.7 Å². The van der Waals surface area contributed by atoms with Crippen LogP contribution in [0.15, 0.2) is 54.6 Å². The summed E-state index contributed by atoms with van der Waals surface area (Å²) in [6.45, 7) is 13.8. The lowest BCUT2D eigenvalue weighted by Crippen LogP contribution is -2.27. The number of rotatable bonds is 4. The number of nitrogens with zero attached hydrogens (tertiary/aromatic N) is 8. The Bertz CT molecular complexity index is 2650. The number of nitriles is 4. The van der Waals surface area contributed by atoms with Gasteiger partial charge >= 0.3 is 0 Å². The molecule has 0 radical (unpaired) electrons. The highest BCUT2D eigenvalue weighted by atomic mass is 14.8. The Hall–Kier alpha value is -6.22. The van der Waals surface area contributed by atoms with Crippen molar-refractivity contribution in [3.8, 4) is 35.4 Å². The molecule has 8 heteroatoms. The van der Waals surface area contributed by atoms with Gasteiger partial charge in [0.25, 0.3) is 0 Å². The first-order valence-corrected chi connectivity index (χ1v) is 16.2. The Morgan fingerprint density at radius 1 is 0.551 bits per heavy atom. The zero-order chi connectivity index (χ0) is 34.8. The van der Waals surface area contributed by atoms with Gasteiger partial charge in [-0.3, -0.25) is 0 Å². The zero-order valence-corrected chi connectivity index (χ0v) is 28.3. The third kappa shape index (κ3) is 5.11. The van der Waals surface area contributed by atoms with E-state index in [-0.39, 0.29) is 33.6 Å². The average Bonchev–Trinajstić information content (AvgIpc) is 3.08. The molecule has 0 N–H and O–H groups in total. The van der Waals surface area contributed by atoms with Crippen LogP contribution in [0.2, 0.25) is 0 Å². The minimum Gasteiger partial charge on any atom is -0.232 e. The molecule has 236 valence electrons. The lowest BCUT2D eigenvalue weighted by molar-refractivity contribution is 0.164. The lowest BCUT2D eigenvalue weighted by Gasteiger charge is -2.36. The lowest BCUT2D eigenvalue weighted by atomic mass is 9.70. The standard InChI is InChI=1S/C41H32N8/c1-40(2,3)17-24(41(4,5)6)16-22-10-12-23(13-11-22)25-14-15-28-34-33-26(36-37(28)47-30(19-43)29(18-42)46-36)8-7-9-27(33)38-39(35(25)34)49-32(21-45)31(20-44)48-38/h7-15,24H,16-17H2,1-6H3. The first-order chi connectivity index (χ1) is 23.4. The molecule has 0 spiro atoms. The highest BCUT2D eigenvalue weighted by Crippen LogP contribution is 2.47. The molecule has 2 heterocycles. The summed E-state index contributed by atoms with van der Waals surface area (Å²) < 4.78 is 0. The van der Waals surface area contributed by atoms with Gasteiger partial charge in [-0.15, -0.1) is 0 Å². The summed E-state index contributed by atoms with van der Waals surface area (Å²) in [5, 5.41) is 44.2. The molecule has 2 aromatic heterocycles. The van der Waals surface area contributed by atoms with Crippen LogP contribution in [0, 0.1) is 62.1 Å². The summed E-state index contributed by atoms with van der Waals surface area (Å²) in [5.74, 6) is 0.500. The molecule has 7 aromatic rings. The van der Waals surface area contributed by atoms with Crippen LogP contribution in [0.1, 0.15) is 76.3 Å². The Kier molecular flexibility index (Phi) is 7.17. The maximum Gasteiger partial charge on any atom is 0.177 e. The summed E-state index contributed by atoms with van der Waals surface area (Å²) in [7, 11) is 0. The second-order valence-corrected chi connectivity index (χ2v) is 15.1. The number of aromatic nitrogens is 4. The summed E-state index contributed by atoms with van der Waals surface area (Å²) >= 11 is 0. The van der Waals surface area contributed by atoms with Gasteiger partial charge in [0.2, 0.25) is 0 Å². The maximum absolute atomic E-state index is 9.98. The number of benzene rings is 5. The maximum atomic E-state index is 9.98. The molecule has 0 aliphatic heterocycles. The second kappa shape index (κ2) is 11.2. The summed E-state index contributed by atoms with van der Waals surface area (Å²) in [5.41, 5.74) is 5.30. The molecule has 7 rings (SSSR count). The van der Waals surface area contributed by atoms with Crippen molar-refractivity contribution < 1.29 is 0 Å². The van der Waals surface area contributed by atoms with Crippen LogP contribution in [0.25, 0.3) is 65.5 Å². The number of hydrogen-bond acceptors (Lipinski definition) is 8. The highest BCUT2D eigenvalue weighted by molar-refractivity contribution is 6.40. The Morgan fingerprint density at radius 2 is 1.02 bits per heavy atom. The van der Waals surface area contributed by atoms with Gasteiger partial charge in [-0.2, -0.15) is 21.0 Å². The zero-order valence-electron chi connectivity index (χ0n) is 28.3. The van der Waals surface area contributed by atoms with Gasteiger partial charge in [0, 0.05) is 32.3 Å². The number of fused-ring (bicyclic) bond motifs is 6. The van der Waals surface area contributed by atoms with E-state index in [1.54, 1.807) is 0 Å². The van der Waals surface area contributed by atoms with E-state index in [4.69, 9.17) is 9.97 Å². The molecule has 8 nitrogen and oxygen atoms in total. The largest absolute Gasteiger partial charge is 0.232 e. The molecule has 1 unspecified atom stereocenters. The van der Waals surface area contributed by atoms with Gasteiger partial charge in [-0.1, -0.05) is 96.1 Å². The quantitative estimate of drug-likeness (QED) is 0.137. The molecule has 0 amide bonds. The van der Waals surface area contributed by atoms with E-state index >= 15 is 0 Å². The van der Waals surface area contributed by atoms with Crippen molar-refractivity contribution in [3.63, 3.8) is 0 Å². The van der Waals surface area contributed by atoms with Gasteiger partial charge in [-0.05, 0) is 46.3 Å². The molecule has 1 atom stereocenters. The molecule has 0 aliphatic rings. The second-order valence-electron chi connectivity index (χ2n) is 15.1. The first-order valence-electron chi connectivity index (χ1n) is 16.2. The van der Waals surface area contributed by atoms with Gasteiger partial charge in [0.15, 0.2) is 22.8 Å². The van der Waals surface area contributed by atoms with E-state index in [9.17, 15) is 21.0 Å². The van der Waals surface area contributed by atoms with Gasteiger partial charge < -0.3 is 0 Å². The summed E-state index contributed by atoms with van der Waals surface area (Å²) in [6.07, 6.45) is 2.08. The summed E-state index contributed by atoms with van der Waals surface area (Å²) in [6, 6.07) is 26.5. The molecule has 49 heavy (non-hydrogen) atoms. The Balaban J connectivity index is 1.56. The molecule has 0 bridgehead atoms. The van der Waals surface area contributed by atoms with Crippen molar-refractivity contribution in [2.45, 2.75) is 54.4 Å². The van der Waals surface area contributed by atoms with E-state index in [1.807, 2.05) is 48.5 Å². The van der Waals surface area contributed by atoms with Crippen LogP contribution in [0.5, 0.6) is 0 Å². The van der Waals surface area contributed by atoms with Crippen molar-refractivity contribution in [2.75, 3.05) is 0 Å². The van der Waals surface area contributed by atoms with E-state index in [0.717, 1.165) is 56.3 Å². The summed E-state index contributed by atoms with van der Waals surface area (Å²) in [4.78, 5) is 18.8. The van der Waals surface area contributed by atoms with Crippen molar-refractivity contribution in [1.82, 2.24) is 19.9 Å². The average molecular weight is 637 g/mol. The van der Waals surface area contributed by atoms with Crippen LogP contribution >= 0.6 is 0 Å². The van der Waals surface area contributed by atoms with Crippen LogP contribution in [0.3, 0.4) is 0 Å². The van der Waals surface area contributed by atoms with Crippen LogP contribution < -0.4 is 0 Å². The molecule has 0 saturated carbocycles. The molecular formula is C41H32N8. The topological polar surface area (TPSA) is 147 Å². The molecular weight excluding hydrogens is 605 g/mol. The number of hydrogen-bond donors (Lipinski definition) is 0. The predicted molar refractivity (Wildman–Crippen MR) is 191 cm³/mol. The molecule has 0 fully saturated rings. The van der Waals surface area contributed by atoms with Crippen molar-refractivity contribution >= 4 is 54.4 Å². The van der Waals surface area contributed by atoms with E-state index in [1.165, 1.54) is 5.56 Å².